The highest BCUT2D eigenvalue weighted by molar-refractivity contribution is 7.80. The van der Waals surface area contributed by atoms with Gasteiger partial charge < -0.3 is 11.5 Å². The first-order chi connectivity index (χ1) is 5.43. The van der Waals surface area contributed by atoms with E-state index in [1.54, 1.807) is 5.43 Å². The van der Waals surface area contributed by atoms with Crippen LogP contribution in [0.25, 0.3) is 0 Å². The van der Waals surface area contributed by atoms with Crippen LogP contribution in [0.2, 0.25) is 0 Å². The number of carbonyl (C=O) groups is 1. The molecule has 0 unspecified atom stereocenters. The molecule has 0 spiro atoms. The van der Waals surface area contributed by atoms with Gasteiger partial charge in [-0.2, -0.15) is 8.42 Å². The summed E-state index contributed by atoms with van der Waals surface area (Å²) in [5.41, 5.74) is 11.3. The average molecular weight is 211 g/mol. The number of urea groups is 1. The Balaban J connectivity index is 4.57. The largest absolute Gasteiger partial charge is 0.373 e. The number of nitrogens with zero attached hydrogens (tertiary/aromatic N) is 2. The quantitative estimate of drug-likeness (QED) is 0.342. The summed E-state index contributed by atoms with van der Waals surface area (Å²) in [6.45, 7) is 0. The standard InChI is InChI=1S/C2H5N5O3S2/c3-1(8)5-7(2(4)11)6-12(9)10/h(H2,4,11)(H3,3,5,8). The Labute approximate surface area is 74.1 Å². The number of thiocarbonyl (C=S) groups is 1. The smallest absolute Gasteiger partial charge is 0.334 e. The van der Waals surface area contributed by atoms with Gasteiger partial charge in [-0.3, -0.25) is 0 Å². The van der Waals surface area contributed by atoms with Crippen LogP contribution in [-0.2, 0) is 10.5 Å². The van der Waals surface area contributed by atoms with Gasteiger partial charge in [-0.05, 0) is 16.7 Å². The van der Waals surface area contributed by atoms with Crippen LogP contribution < -0.4 is 16.9 Å². The normalized spacial score (nSPS) is 8.33. The SMILES string of the molecule is NC(=O)NN(N=S(=O)=O)C(N)=S. The van der Waals surface area contributed by atoms with Crippen LogP contribution in [0.4, 0.5) is 4.79 Å². The number of hydrogen-bond donors (Lipinski definition) is 3. The second-order valence-corrected chi connectivity index (χ2v) is 2.44. The summed E-state index contributed by atoms with van der Waals surface area (Å²) >= 11 is 4.32. The van der Waals surface area contributed by atoms with E-state index in [1.165, 1.54) is 0 Å². The van der Waals surface area contributed by atoms with Gasteiger partial charge in [-0.1, -0.05) is 0 Å². The molecule has 0 saturated heterocycles. The molecule has 0 heterocycles. The fourth-order valence-electron chi connectivity index (χ4n) is 0.287. The maximum Gasteiger partial charge on any atom is 0.334 e. The van der Waals surface area contributed by atoms with Crippen LogP contribution in [0, 0.1) is 0 Å². The van der Waals surface area contributed by atoms with Gasteiger partial charge in [0, 0.05) is 0 Å². The maximum atomic E-state index is 10.2. The number of primary amides is 1. The molecule has 0 aromatic carbocycles. The first kappa shape index (κ1) is 10.6. The lowest BCUT2D eigenvalue weighted by molar-refractivity contribution is 0.228. The summed E-state index contributed by atoms with van der Waals surface area (Å²) in [7, 11) is -2.77. The van der Waals surface area contributed by atoms with Crippen molar-refractivity contribution >= 4 is 33.9 Å². The number of amides is 2. The van der Waals surface area contributed by atoms with Crippen LogP contribution in [0.15, 0.2) is 4.47 Å². The van der Waals surface area contributed by atoms with Crippen molar-refractivity contribution in [1.29, 1.82) is 0 Å². The van der Waals surface area contributed by atoms with E-state index in [-0.39, 0.29) is 0 Å². The Morgan fingerprint density at radius 2 is 2.00 bits per heavy atom. The van der Waals surface area contributed by atoms with Gasteiger partial charge in [-0.25, -0.2) is 10.2 Å². The molecule has 2 amide bonds. The first-order valence-corrected chi connectivity index (χ1v) is 3.84. The van der Waals surface area contributed by atoms with Crippen molar-refractivity contribution in [3.05, 3.63) is 0 Å². The van der Waals surface area contributed by atoms with Crippen molar-refractivity contribution in [2.24, 2.45) is 15.9 Å². The zero-order valence-corrected chi connectivity index (χ0v) is 7.22. The number of nitrogens with one attached hydrogen (secondary N) is 1. The molecule has 0 radical (unpaired) electrons. The molecule has 0 aliphatic carbocycles. The van der Waals surface area contributed by atoms with Crippen molar-refractivity contribution in [1.82, 2.24) is 10.5 Å². The molecule has 0 aliphatic heterocycles. The van der Waals surface area contributed by atoms with E-state index in [1.807, 2.05) is 0 Å². The Kier molecular flexibility index (Phi) is 3.93. The van der Waals surface area contributed by atoms with Gasteiger partial charge in [0.1, 0.15) is 0 Å². The second-order valence-electron chi connectivity index (χ2n) is 1.42. The van der Waals surface area contributed by atoms with Gasteiger partial charge in [0.2, 0.25) is 5.11 Å². The van der Waals surface area contributed by atoms with Gasteiger partial charge in [-0.15, -0.1) is 5.12 Å². The Hall–Kier alpha value is -1.42. The van der Waals surface area contributed by atoms with Gasteiger partial charge in [0.05, 0.1) is 0 Å². The summed E-state index contributed by atoms with van der Waals surface area (Å²) in [5.74, 6) is 0. The lowest BCUT2D eigenvalue weighted by Gasteiger charge is -2.12. The number of hydrazine groups is 1. The molecule has 10 heteroatoms. The van der Waals surface area contributed by atoms with E-state index in [0.29, 0.717) is 5.12 Å². The molecule has 0 saturated carbocycles. The third-order valence-corrected chi connectivity index (χ3v) is 1.04. The second kappa shape index (κ2) is 4.46. The number of rotatable bonds is 1. The van der Waals surface area contributed by atoms with Crippen LogP contribution >= 0.6 is 12.2 Å². The summed E-state index contributed by atoms with van der Waals surface area (Å²) < 4.78 is 22.7. The molecule has 0 bridgehead atoms. The highest BCUT2D eigenvalue weighted by Gasteiger charge is 2.06. The zero-order chi connectivity index (χ0) is 9.72. The molecular weight excluding hydrogens is 206 g/mol. The predicted molar refractivity (Wildman–Crippen MR) is 42.7 cm³/mol. The fourth-order valence-corrected chi connectivity index (χ4v) is 0.687. The Morgan fingerprint density at radius 3 is 2.25 bits per heavy atom. The van der Waals surface area contributed by atoms with Gasteiger partial charge in [0.25, 0.3) is 0 Å². The lowest BCUT2D eigenvalue weighted by atomic mass is 11.0. The molecule has 0 aromatic rings. The molecule has 68 valence electrons. The topological polar surface area (TPSA) is 131 Å². The highest BCUT2D eigenvalue weighted by atomic mass is 32.2. The van der Waals surface area contributed by atoms with Crippen molar-refractivity contribution in [3.63, 3.8) is 0 Å². The summed E-state index contributed by atoms with van der Waals surface area (Å²) in [4.78, 5) is 10.2. The molecular formula is C2H5N5O3S2. The van der Waals surface area contributed by atoms with E-state index in [2.05, 4.69) is 22.4 Å². The zero-order valence-electron chi connectivity index (χ0n) is 5.59. The van der Waals surface area contributed by atoms with Gasteiger partial charge >= 0.3 is 16.5 Å². The van der Waals surface area contributed by atoms with E-state index < -0.39 is 21.6 Å². The summed E-state index contributed by atoms with van der Waals surface area (Å²) in [6, 6.07) is -1.03. The fraction of sp³-hybridized carbons (Fsp3) is 0. The van der Waals surface area contributed by atoms with Crippen LogP contribution in [0.1, 0.15) is 0 Å². The number of nitrogens with two attached hydrogens (primary N) is 2. The van der Waals surface area contributed by atoms with Gasteiger partial charge in [0.15, 0.2) is 0 Å². The molecule has 0 rings (SSSR count). The van der Waals surface area contributed by atoms with Crippen molar-refractivity contribution in [2.45, 2.75) is 0 Å². The minimum absolute atomic E-state index is 0.362. The van der Waals surface area contributed by atoms with E-state index in [9.17, 15) is 13.2 Å². The molecule has 0 aromatic heterocycles. The van der Waals surface area contributed by atoms with Crippen molar-refractivity contribution in [2.75, 3.05) is 0 Å². The average Bonchev–Trinajstić information content (AvgIpc) is 1.83. The predicted octanol–water partition coefficient (Wildman–Crippen LogP) is -1.91. The third kappa shape index (κ3) is 4.40. The molecule has 5 N–H and O–H groups in total. The maximum absolute atomic E-state index is 10.2. The minimum atomic E-state index is -2.77. The Bertz CT molecular complexity index is 312. The summed E-state index contributed by atoms with van der Waals surface area (Å²) in [5, 5.41) is -0.0844. The first-order valence-electron chi connectivity index (χ1n) is 2.40. The number of hydrogen-bond acceptors (Lipinski definition) is 5. The Morgan fingerprint density at radius 1 is 1.50 bits per heavy atom. The van der Waals surface area contributed by atoms with Crippen LogP contribution in [-0.4, -0.2) is 24.7 Å². The molecule has 12 heavy (non-hydrogen) atoms. The molecule has 0 aliphatic rings. The lowest BCUT2D eigenvalue weighted by Crippen LogP contribution is -2.47. The monoisotopic (exact) mass is 211 g/mol. The molecule has 0 atom stereocenters. The molecule has 0 fully saturated rings. The van der Waals surface area contributed by atoms with Crippen molar-refractivity contribution < 1.29 is 13.2 Å². The third-order valence-electron chi connectivity index (χ3n) is 0.573. The van der Waals surface area contributed by atoms with E-state index in [0.717, 1.165) is 0 Å². The minimum Gasteiger partial charge on any atom is -0.373 e. The van der Waals surface area contributed by atoms with Crippen LogP contribution in [0.3, 0.4) is 0 Å². The molecule has 8 nitrogen and oxygen atoms in total. The van der Waals surface area contributed by atoms with E-state index in [4.69, 9.17) is 5.73 Å². The van der Waals surface area contributed by atoms with Crippen LogP contribution in [0.5, 0.6) is 0 Å². The highest BCUT2D eigenvalue weighted by Crippen LogP contribution is 1.81. The number of carbonyl (C=O) groups excluding carboxylic acids is 1. The van der Waals surface area contributed by atoms with E-state index >= 15 is 0 Å². The summed E-state index contributed by atoms with van der Waals surface area (Å²) in [6.07, 6.45) is 0. The van der Waals surface area contributed by atoms with Crippen molar-refractivity contribution in [3.8, 4) is 0 Å².